The van der Waals surface area contributed by atoms with E-state index in [1.54, 1.807) is 0 Å². The summed E-state index contributed by atoms with van der Waals surface area (Å²) in [7, 11) is 0. The van der Waals surface area contributed by atoms with Gasteiger partial charge in [0.25, 0.3) is 0 Å². The van der Waals surface area contributed by atoms with Gasteiger partial charge in [-0.15, -0.1) is 0 Å². The Balaban J connectivity index is 0. The molecule has 0 aromatic carbocycles. The van der Waals surface area contributed by atoms with E-state index >= 15 is 0 Å². The van der Waals surface area contributed by atoms with E-state index in [1.165, 1.54) is 0 Å². The first-order chi connectivity index (χ1) is 13.2. The van der Waals surface area contributed by atoms with Gasteiger partial charge in [0.15, 0.2) is 6.10 Å². The maximum absolute atomic E-state index is 10.8. The van der Waals surface area contributed by atoms with Crippen molar-refractivity contribution in [3.63, 3.8) is 0 Å². The van der Waals surface area contributed by atoms with Crippen molar-refractivity contribution in [3.8, 4) is 0 Å². The Bertz CT molecular complexity index is 490. The average molecular weight is 401 g/mol. The molecule has 0 bridgehead atoms. The number of unbranched alkanes of at least 4 members (excludes halogenated alkanes) is 2. The molecule has 0 saturated heterocycles. The number of hydrogen-bond donors (Lipinski definition) is 1. The fourth-order valence-electron chi connectivity index (χ4n) is 2.32. The lowest BCUT2D eigenvalue weighted by atomic mass is 10.2. The van der Waals surface area contributed by atoms with Gasteiger partial charge in [0, 0.05) is 6.61 Å². The molecule has 3 nitrogen and oxygen atoms in total. The molecule has 0 saturated carbocycles. The highest BCUT2D eigenvalue weighted by Crippen LogP contribution is 2.03. The van der Waals surface area contributed by atoms with Gasteiger partial charge >= 0.3 is 29.0 Å². The van der Waals surface area contributed by atoms with Crippen LogP contribution in [-0.2, 0) is 9.53 Å². The molecule has 0 aliphatic carbocycles. The molecule has 1 N–H and O–H groups in total. The Hall–Kier alpha value is -1.10. The first kappa shape index (κ1) is 29.1. The smallest absolute Gasteiger partial charge is 0.332 e. The summed E-state index contributed by atoms with van der Waals surface area (Å²) in [6.07, 6.45) is 29.9. The molecule has 4 heteroatoms. The summed E-state index contributed by atoms with van der Waals surface area (Å²) in [5.74, 6) is -0.865. The summed E-state index contributed by atoms with van der Waals surface area (Å²) < 4.78 is 5.33. The number of carbonyl (C=O) groups is 1. The van der Waals surface area contributed by atoms with Gasteiger partial charge in [-0.1, -0.05) is 74.6 Å². The van der Waals surface area contributed by atoms with Crippen molar-refractivity contribution in [2.24, 2.45) is 0 Å². The predicted molar refractivity (Wildman–Crippen MR) is 125 cm³/mol. The lowest BCUT2D eigenvalue weighted by Gasteiger charge is -2.10. The predicted octanol–water partition coefficient (Wildman–Crippen LogP) is 5.87. The largest absolute Gasteiger partial charge is 0.479 e. The van der Waals surface area contributed by atoms with Gasteiger partial charge in [-0.25, -0.2) is 4.79 Å². The van der Waals surface area contributed by atoms with Crippen molar-refractivity contribution >= 4 is 29.0 Å². The third-order valence-electron chi connectivity index (χ3n) is 3.89. The van der Waals surface area contributed by atoms with Crippen molar-refractivity contribution in [1.82, 2.24) is 0 Å². The van der Waals surface area contributed by atoms with E-state index in [4.69, 9.17) is 9.84 Å². The molecule has 0 aromatic heterocycles. The van der Waals surface area contributed by atoms with Crippen molar-refractivity contribution < 1.29 is 14.6 Å². The Morgan fingerprint density at radius 3 is 1.68 bits per heavy atom. The van der Waals surface area contributed by atoms with E-state index in [0.29, 0.717) is 13.0 Å². The van der Waals surface area contributed by atoms with Crippen molar-refractivity contribution in [2.75, 3.05) is 6.61 Å². The van der Waals surface area contributed by atoms with Crippen LogP contribution in [0.3, 0.4) is 0 Å². The number of rotatable bonds is 17. The van der Waals surface area contributed by atoms with Crippen LogP contribution in [-0.4, -0.2) is 46.8 Å². The fraction of sp³-hybridized carbons (Fsp3) is 0.542. The molecule has 0 heterocycles. The molecule has 156 valence electrons. The van der Waals surface area contributed by atoms with Crippen LogP contribution in [0.25, 0.3) is 0 Å². The molecular formula is C24H40MgO3. The summed E-state index contributed by atoms with van der Waals surface area (Å²) >= 11 is 0. The Kier molecular flexibility index (Phi) is 24.9. The zero-order chi connectivity index (χ0) is 20.0. The van der Waals surface area contributed by atoms with E-state index in [0.717, 1.165) is 51.4 Å². The average Bonchev–Trinajstić information content (AvgIpc) is 2.66. The van der Waals surface area contributed by atoms with Crippen LogP contribution in [0.2, 0.25) is 0 Å². The lowest BCUT2D eigenvalue weighted by Crippen LogP contribution is -2.23. The maximum Gasteiger partial charge on any atom is 0.332 e. The molecule has 0 rings (SSSR count). The van der Waals surface area contributed by atoms with Gasteiger partial charge in [-0.05, 0) is 57.8 Å². The molecule has 1 atom stereocenters. The maximum atomic E-state index is 10.8. The Labute approximate surface area is 188 Å². The highest BCUT2D eigenvalue weighted by atomic mass is 24.3. The number of carboxylic acids is 1. The molecular weight excluding hydrogens is 361 g/mol. The number of aliphatic carboxylic acids is 1. The van der Waals surface area contributed by atoms with E-state index in [1.807, 2.05) is 6.92 Å². The van der Waals surface area contributed by atoms with Crippen molar-refractivity contribution in [1.29, 1.82) is 0 Å². The van der Waals surface area contributed by atoms with Crippen LogP contribution < -0.4 is 0 Å². The highest BCUT2D eigenvalue weighted by Gasteiger charge is 2.14. The molecule has 0 spiro atoms. The first-order valence-corrected chi connectivity index (χ1v) is 10.3. The molecule has 0 radical (unpaired) electrons. The minimum Gasteiger partial charge on any atom is -0.479 e. The van der Waals surface area contributed by atoms with Gasteiger partial charge in [0.1, 0.15) is 0 Å². The molecule has 1 unspecified atom stereocenters. The number of carboxylic acid groups (broad SMARTS) is 1. The van der Waals surface area contributed by atoms with Crippen LogP contribution in [0.15, 0.2) is 60.8 Å². The Morgan fingerprint density at radius 1 is 0.786 bits per heavy atom. The minimum atomic E-state index is -0.865. The van der Waals surface area contributed by atoms with Crippen LogP contribution in [0.1, 0.15) is 71.6 Å². The van der Waals surface area contributed by atoms with E-state index in [-0.39, 0.29) is 23.1 Å². The van der Waals surface area contributed by atoms with Crippen LogP contribution in [0.4, 0.5) is 0 Å². The second-order valence-electron chi connectivity index (χ2n) is 6.31. The molecule has 0 fully saturated rings. The Morgan fingerprint density at radius 2 is 1.25 bits per heavy atom. The van der Waals surface area contributed by atoms with E-state index in [2.05, 4.69) is 67.7 Å². The van der Waals surface area contributed by atoms with Gasteiger partial charge in [-0.2, -0.15) is 0 Å². The summed E-state index contributed by atoms with van der Waals surface area (Å²) in [6.45, 7) is 4.50. The van der Waals surface area contributed by atoms with Crippen LogP contribution in [0.5, 0.6) is 0 Å². The van der Waals surface area contributed by atoms with Gasteiger partial charge in [-0.3, -0.25) is 0 Å². The summed E-state index contributed by atoms with van der Waals surface area (Å²) in [4.78, 5) is 10.8. The topological polar surface area (TPSA) is 46.5 Å². The van der Waals surface area contributed by atoms with Crippen molar-refractivity contribution in [3.05, 3.63) is 60.8 Å². The SMILES string of the molecule is CCC=CCC=CCC=CCC=CCC=CCCCCOC(CC)C(=O)O.[MgH2]. The first-order valence-electron chi connectivity index (χ1n) is 10.3. The van der Waals surface area contributed by atoms with E-state index in [9.17, 15) is 4.79 Å². The third kappa shape index (κ3) is 21.2. The molecule has 28 heavy (non-hydrogen) atoms. The zero-order valence-corrected chi connectivity index (χ0v) is 17.2. The monoisotopic (exact) mass is 400 g/mol. The number of ether oxygens (including phenoxy) is 1. The molecule has 0 aliphatic rings. The second kappa shape index (κ2) is 23.9. The molecule has 0 amide bonds. The fourth-order valence-corrected chi connectivity index (χ4v) is 2.32. The lowest BCUT2D eigenvalue weighted by molar-refractivity contribution is -0.150. The third-order valence-corrected chi connectivity index (χ3v) is 3.89. The molecule has 0 aromatic rings. The summed E-state index contributed by atoms with van der Waals surface area (Å²) in [6, 6.07) is 0. The van der Waals surface area contributed by atoms with Crippen LogP contribution >= 0.6 is 0 Å². The van der Waals surface area contributed by atoms with E-state index < -0.39 is 12.1 Å². The summed E-state index contributed by atoms with van der Waals surface area (Å²) in [5, 5.41) is 8.87. The highest BCUT2D eigenvalue weighted by molar-refractivity contribution is 5.75. The van der Waals surface area contributed by atoms with Gasteiger partial charge < -0.3 is 9.84 Å². The molecule has 0 aliphatic heterocycles. The van der Waals surface area contributed by atoms with Crippen LogP contribution in [0, 0.1) is 0 Å². The summed E-state index contributed by atoms with van der Waals surface area (Å²) in [5.41, 5.74) is 0. The van der Waals surface area contributed by atoms with Gasteiger partial charge in [0.05, 0.1) is 0 Å². The number of allylic oxidation sites excluding steroid dienone is 10. The number of hydrogen-bond acceptors (Lipinski definition) is 2. The quantitative estimate of drug-likeness (QED) is 0.188. The standard InChI is InChI=1S/C24H38O3.Mg.2H/c1-3-5-6-7-8-9-10-11-12-13-14-15-16-17-18-19-20-21-22-27-23(4-2)24(25)26;;;/h5-6,8-9,11-12,14-15,17-18,23H,3-4,7,10,13,16,19-22H2,1-2H3,(H,25,26);;;. The normalized spacial score (nSPS) is 13.4. The minimum absolute atomic E-state index is 0. The van der Waals surface area contributed by atoms with Crippen molar-refractivity contribution in [2.45, 2.75) is 77.7 Å². The second-order valence-corrected chi connectivity index (χ2v) is 6.31. The van der Waals surface area contributed by atoms with Gasteiger partial charge in [0.2, 0.25) is 0 Å². The zero-order valence-electron chi connectivity index (χ0n) is 17.2.